The summed E-state index contributed by atoms with van der Waals surface area (Å²) in [7, 11) is -3.17. The van der Waals surface area contributed by atoms with E-state index in [9.17, 15) is 8.42 Å². The fraction of sp³-hybridized carbons (Fsp3) is 0.696. The van der Waals surface area contributed by atoms with Crippen LogP contribution < -0.4 is 11.5 Å². The van der Waals surface area contributed by atoms with Gasteiger partial charge in [-0.15, -0.1) is 0 Å². The molecule has 0 fully saturated rings. The number of hydrogen-bond acceptors (Lipinski definition) is 3. The molecule has 0 aromatic rings. The van der Waals surface area contributed by atoms with Crippen molar-refractivity contribution in [2.75, 3.05) is 18.1 Å². The van der Waals surface area contributed by atoms with Gasteiger partial charge in [-0.1, -0.05) is 48.8 Å². The lowest BCUT2D eigenvalue weighted by atomic mass is 9.65. The van der Waals surface area contributed by atoms with Crippen molar-refractivity contribution in [3.63, 3.8) is 0 Å². The van der Waals surface area contributed by atoms with Gasteiger partial charge in [0.2, 0.25) is 0 Å². The van der Waals surface area contributed by atoms with E-state index >= 15 is 0 Å². The molecule has 2 atom stereocenters. The lowest BCUT2D eigenvalue weighted by Crippen LogP contribution is -2.29. The molecule has 6 heteroatoms. The first-order chi connectivity index (χ1) is 13.5. The Labute approximate surface area is 178 Å². The van der Waals surface area contributed by atoms with Gasteiger partial charge in [-0.05, 0) is 70.6 Å². The van der Waals surface area contributed by atoms with Crippen molar-refractivity contribution in [3.8, 4) is 0 Å². The summed E-state index contributed by atoms with van der Waals surface area (Å²) < 4.78 is 24.0. The first-order valence-corrected chi connectivity index (χ1v) is 12.5. The molecule has 29 heavy (non-hydrogen) atoms. The summed E-state index contributed by atoms with van der Waals surface area (Å²) in [6.45, 7) is 11.4. The van der Waals surface area contributed by atoms with Crippen molar-refractivity contribution >= 4 is 15.8 Å². The minimum Gasteiger partial charge on any atom is -0.370 e. The SMILES string of the molecule is CC(=CCS(=O)(=O)CCN=C(N)N)CCC=C(C)CC[C@@]1(C)C(C)=CCC[C@@H]1C. The lowest BCUT2D eigenvalue weighted by molar-refractivity contribution is 0.211. The highest BCUT2D eigenvalue weighted by Gasteiger charge is 2.34. The quantitative estimate of drug-likeness (QED) is 0.290. The molecule has 0 saturated heterocycles. The number of hydrogen-bond donors (Lipinski definition) is 2. The van der Waals surface area contributed by atoms with Gasteiger partial charge in [-0.2, -0.15) is 0 Å². The highest BCUT2D eigenvalue weighted by molar-refractivity contribution is 7.91. The zero-order valence-electron chi connectivity index (χ0n) is 19.0. The van der Waals surface area contributed by atoms with Crippen molar-refractivity contribution in [1.29, 1.82) is 0 Å². The maximum atomic E-state index is 12.0. The van der Waals surface area contributed by atoms with E-state index in [2.05, 4.69) is 44.8 Å². The predicted octanol–water partition coefficient (Wildman–Crippen LogP) is 4.51. The van der Waals surface area contributed by atoms with Crippen LogP contribution in [0.5, 0.6) is 0 Å². The fourth-order valence-electron chi connectivity index (χ4n) is 3.81. The molecule has 0 aromatic carbocycles. The molecule has 1 aliphatic rings. The van der Waals surface area contributed by atoms with Gasteiger partial charge in [-0.25, -0.2) is 8.42 Å². The zero-order chi connectivity index (χ0) is 22.1. The fourth-order valence-corrected chi connectivity index (χ4v) is 4.88. The largest absolute Gasteiger partial charge is 0.370 e. The summed E-state index contributed by atoms with van der Waals surface area (Å²) in [6, 6.07) is 0. The molecular weight excluding hydrogens is 382 g/mol. The summed E-state index contributed by atoms with van der Waals surface area (Å²) in [6.07, 6.45) is 13.2. The molecule has 0 saturated carbocycles. The Morgan fingerprint density at radius 3 is 2.52 bits per heavy atom. The van der Waals surface area contributed by atoms with Gasteiger partial charge in [0.1, 0.15) is 0 Å². The number of sulfone groups is 1. The number of aliphatic imine (C=N–C) groups is 1. The van der Waals surface area contributed by atoms with Gasteiger partial charge in [-0.3, -0.25) is 4.99 Å². The second kappa shape index (κ2) is 11.6. The molecule has 0 unspecified atom stereocenters. The standard InChI is InChI=1S/C23H41N3O2S/c1-18(12-14-23(5)20(3)10-7-11-21(23)4)8-6-9-19(2)13-16-29(27,28)17-15-26-22(24)25/h8,10,13,21H,6-7,9,11-12,14-17H2,1-5H3,(H4,24,25,26)/t21-,23-/m0/s1. The molecule has 166 valence electrons. The summed E-state index contributed by atoms with van der Waals surface area (Å²) in [5, 5.41) is 0. The van der Waals surface area contributed by atoms with Crippen molar-refractivity contribution in [2.24, 2.45) is 27.8 Å². The number of rotatable bonds is 11. The van der Waals surface area contributed by atoms with E-state index in [0.717, 1.165) is 30.8 Å². The average molecular weight is 424 g/mol. The summed E-state index contributed by atoms with van der Waals surface area (Å²) in [5.41, 5.74) is 14.8. The van der Waals surface area contributed by atoms with Crippen molar-refractivity contribution < 1.29 is 8.42 Å². The monoisotopic (exact) mass is 423 g/mol. The van der Waals surface area contributed by atoms with Crippen LogP contribution in [0.15, 0.2) is 39.9 Å². The highest BCUT2D eigenvalue weighted by Crippen LogP contribution is 2.45. The van der Waals surface area contributed by atoms with Gasteiger partial charge < -0.3 is 11.5 Å². The maximum absolute atomic E-state index is 12.0. The van der Waals surface area contributed by atoms with Gasteiger partial charge in [0.25, 0.3) is 0 Å². The van der Waals surface area contributed by atoms with Gasteiger partial charge >= 0.3 is 0 Å². The van der Waals surface area contributed by atoms with Crippen molar-refractivity contribution in [2.45, 2.75) is 73.1 Å². The van der Waals surface area contributed by atoms with E-state index in [1.807, 2.05) is 13.0 Å². The molecule has 0 radical (unpaired) electrons. The Kier molecular flexibility index (Phi) is 10.2. The van der Waals surface area contributed by atoms with Gasteiger partial charge in [0.05, 0.1) is 18.1 Å². The van der Waals surface area contributed by atoms with E-state index in [1.54, 1.807) is 5.57 Å². The molecule has 4 N–H and O–H groups in total. The third-order valence-corrected chi connectivity index (χ3v) is 7.97. The number of nitrogens with two attached hydrogens (primary N) is 2. The number of allylic oxidation sites excluding steroid dienone is 5. The second-order valence-electron chi connectivity index (χ2n) is 8.84. The van der Waals surface area contributed by atoms with Crippen LogP contribution >= 0.6 is 0 Å². The summed E-state index contributed by atoms with van der Waals surface area (Å²) in [5.74, 6) is 0.675. The summed E-state index contributed by atoms with van der Waals surface area (Å²) in [4.78, 5) is 3.73. The number of nitrogens with zero attached hydrogens (tertiary/aromatic N) is 1. The predicted molar refractivity (Wildman–Crippen MR) is 126 cm³/mol. The summed E-state index contributed by atoms with van der Waals surface area (Å²) >= 11 is 0. The third kappa shape index (κ3) is 9.20. The Bertz CT molecular complexity index is 759. The molecule has 1 aliphatic carbocycles. The Hall–Kier alpha value is -1.56. The topological polar surface area (TPSA) is 98.5 Å². The van der Waals surface area contributed by atoms with Crippen LogP contribution in [0.25, 0.3) is 0 Å². The smallest absolute Gasteiger partial charge is 0.185 e. The van der Waals surface area contributed by atoms with Crippen molar-refractivity contribution in [1.82, 2.24) is 0 Å². The van der Waals surface area contributed by atoms with Crippen LogP contribution in [0.2, 0.25) is 0 Å². The van der Waals surface area contributed by atoms with Crippen LogP contribution in [0.3, 0.4) is 0 Å². The molecule has 1 rings (SSSR count). The second-order valence-corrected chi connectivity index (χ2v) is 11.1. The van der Waals surface area contributed by atoms with Crippen LogP contribution in [0, 0.1) is 11.3 Å². The van der Waals surface area contributed by atoms with Crippen LogP contribution in [-0.4, -0.2) is 32.4 Å². The molecule has 0 amide bonds. The van der Waals surface area contributed by atoms with Gasteiger partial charge in [0, 0.05) is 0 Å². The van der Waals surface area contributed by atoms with E-state index in [-0.39, 0.29) is 24.0 Å². The lowest BCUT2D eigenvalue weighted by Gasteiger charge is -2.40. The molecule has 0 spiro atoms. The minimum absolute atomic E-state index is 0.0290. The van der Waals surface area contributed by atoms with Crippen molar-refractivity contribution in [3.05, 3.63) is 34.9 Å². The molecule has 0 heterocycles. The van der Waals surface area contributed by atoms with Crippen LogP contribution in [0.4, 0.5) is 0 Å². The van der Waals surface area contributed by atoms with Crippen LogP contribution in [0.1, 0.15) is 73.1 Å². The van der Waals surface area contributed by atoms with E-state index in [0.29, 0.717) is 5.41 Å². The molecular formula is C23H41N3O2S. The molecule has 0 aliphatic heterocycles. The van der Waals surface area contributed by atoms with E-state index in [1.165, 1.54) is 24.8 Å². The highest BCUT2D eigenvalue weighted by atomic mass is 32.2. The first kappa shape index (κ1) is 25.5. The number of guanidine groups is 1. The Morgan fingerprint density at radius 1 is 1.24 bits per heavy atom. The van der Waals surface area contributed by atoms with E-state index in [4.69, 9.17) is 11.5 Å². The first-order valence-electron chi connectivity index (χ1n) is 10.7. The molecule has 5 nitrogen and oxygen atoms in total. The Balaban J connectivity index is 2.45. The average Bonchev–Trinajstić information content (AvgIpc) is 2.62. The maximum Gasteiger partial charge on any atom is 0.185 e. The molecule has 0 aromatic heterocycles. The Morgan fingerprint density at radius 2 is 1.90 bits per heavy atom. The van der Waals surface area contributed by atoms with Crippen LogP contribution in [-0.2, 0) is 9.84 Å². The normalized spacial score (nSPS) is 23.6. The minimum atomic E-state index is -3.17. The van der Waals surface area contributed by atoms with Gasteiger partial charge in [0.15, 0.2) is 15.8 Å². The van der Waals surface area contributed by atoms with E-state index < -0.39 is 9.84 Å². The third-order valence-electron chi connectivity index (χ3n) is 6.49. The zero-order valence-corrected chi connectivity index (χ0v) is 19.8. The molecule has 0 bridgehead atoms.